The Morgan fingerprint density at radius 2 is 1.85 bits per heavy atom. The maximum absolute atomic E-state index is 11.2. The quantitative estimate of drug-likeness (QED) is 0.625. The molecule has 4 N–H and O–H groups in total. The zero-order chi connectivity index (χ0) is 15.1. The number of aliphatic hydroxyl groups is 1. The summed E-state index contributed by atoms with van der Waals surface area (Å²) in [5.74, 6) is 0.239. The number of nitrogens with two attached hydrogens (primary N) is 1. The molecular formula is C14H24N2O3S. The number of hydrogen-bond donors (Lipinski definition) is 3. The molecule has 0 aliphatic rings. The lowest BCUT2D eigenvalue weighted by Crippen LogP contribution is -2.46. The van der Waals surface area contributed by atoms with Crippen LogP contribution in [-0.2, 0) is 17.7 Å². The molecule has 0 radical (unpaired) electrons. The van der Waals surface area contributed by atoms with Crippen molar-refractivity contribution in [3.05, 3.63) is 35.9 Å². The molecule has 0 aliphatic heterocycles. The van der Waals surface area contributed by atoms with Crippen LogP contribution in [0, 0.1) is 5.92 Å². The summed E-state index contributed by atoms with van der Waals surface area (Å²) >= 11 is -2.09. The molecule has 1 rings (SSSR count). The first-order valence-corrected chi connectivity index (χ1v) is 7.80. The predicted molar refractivity (Wildman–Crippen MR) is 81.3 cm³/mol. The van der Waals surface area contributed by atoms with Crippen molar-refractivity contribution in [3.63, 3.8) is 0 Å². The van der Waals surface area contributed by atoms with E-state index in [0.717, 1.165) is 5.56 Å². The third kappa shape index (κ3) is 6.11. The van der Waals surface area contributed by atoms with Gasteiger partial charge < -0.3 is 10.8 Å². The molecule has 0 bridgehead atoms. The van der Waals surface area contributed by atoms with Gasteiger partial charge in [-0.15, -0.1) is 0 Å². The maximum atomic E-state index is 11.2. The van der Waals surface area contributed by atoms with Crippen LogP contribution >= 0.6 is 0 Å². The average molecular weight is 300 g/mol. The van der Waals surface area contributed by atoms with Crippen LogP contribution in [0.2, 0.25) is 0 Å². The lowest BCUT2D eigenvalue weighted by Gasteiger charge is -2.26. The first-order chi connectivity index (χ1) is 9.40. The predicted octanol–water partition coefficient (Wildman–Crippen LogP) is 1.01. The topological polar surface area (TPSA) is 86.8 Å². The molecule has 0 aromatic heterocycles. The van der Waals surface area contributed by atoms with Gasteiger partial charge in [0.15, 0.2) is 0 Å². The van der Waals surface area contributed by atoms with Crippen molar-refractivity contribution >= 4 is 11.3 Å². The normalized spacial score (nSPS) is 16.4. The SMILES string of the molecule is CC(C)CN(C[C@@H](O)[C@@H](N)Cc1ccccc1)S(=O)O. The molecule has 114 valence electrons. The Balaban J connectivity index is 2.55. The number of aliphatic hydroxyl groups excluding tert-OH is 1. The minimum absolute atomic E-state index is 0.0926. The largest absolute Gasteiger partial charge is 0.390 e. The molecule has 0 saturated carbocycles. The van der Waals surface area contributed by atoms with Crippen molar-refractivity contribution in [3.8, 4) is 0 Å². The van der Waals surface area contributed by atoms with E-state index in [1.165, 1.54) is 4.31 Å². The molecule has 3 atom stereocenters. The lowest BCUT2D eigenvalue weighted by atomic mass is 10.0. The molecule has 1 aromatic rings. The van der Waals surface area contributed by atoms with Crippen molar-refractivity contribution in [1.29, 1.82) is 0 Å². The van der Waals surface area contributed by atoms with Gasteiger partial charge in [-0.3, -0.25) is 4.55 Å². The van der Waals surface area contributed by atoms with E-state index < -0.39 is 23.4 Å². The third-order valence-corrected chi connectivity index (χ3v) is 3.73. The van der Waals surface area contributed by atoms with Gasteiger partial charge in [-0.25, -0.2) is 4.21 Å². The summed E-state index contributed by atoms with van der Waals surface area (Å²) in [5.41, 5.74) is 7.01. The number of nitrogens with zero attached hydrogens (tertiary/aromatic N) is 1. The highest BCUT2D eigenvalue weighted by atomic mass is 32.2. The van der Waals surface area contributed by atoms with Crippen LogP contribution in [0.1, 0.15) is 19.4 Å². The molecule has 0 fully saturated rings. The smallest absolute Gasteiger partial charge is 0.234 e. The zero-order valence-electron chi connectivity index (χ0n) is 12.0. The van der Waals surface area contributed by atoms with Gasteiger partial charge >= 0.3 is 0 Å². The average Bonchev–Trinajstić information content (AvgIpc) is 2.38. The van der Waals surface area contributed by atoms with Crippen LogP contribution in [0.3, 0.4) is 0 Å². The molecule has 0 amide bonds. The van der Waals surface area contributed by atoms with E-state index in [1.807, 2.05) is 44.2 Å². The minimum Gasteiger partial charge on any atom is -0.390 e. The van der Waals surface area contributed by atoms with Crippen LogP contribution in [0.15, 0.2) is 30.3 Å². The summed E-state index contributed by atoms with van der Waals surface area (Å²) in [4.78, 5) is 0. The van der Waals surface area contributed by atoms with E-state index in [-0.39, 0.29) is 12.5 Å². The van der Waals surface area contributed by atoms with Gasteiger partial charge in [-0.2, -0.15) is 4.31 Å². The van der Waals surface area contributed by atoms with Crippen LogP contribution < -0.4 is 5.73 Å². The highest BCUT2D eigenvalue weighted by Crippen LogP contribution is 2.08. The summed E-state index contributed by atoms with van der Waals surface area (Å²) in [6.07, 6.45) is -0.305. The van der Waals surface area contributed by atoms with E-state index in [1.54, 1.807) is 0 Å². The molecule has 20 heavy (non-hydrogen) atoms. The van der Waals surface area contributed by atoms with Gasteiger partial charge in [0.25, 0.3) is 0 Å². The van der Waals surface area contributed by atoms with Crippen molar-refractivity contribution in [2.75, 3.05) is 13.1 Å². The Bertz CT molecular complexity index is 414. The molecule has 0 saturated heterocycles. The Kier molecular flexibility index (Phi) is 7.32. The van der Waals surface area contributed by atoms with Gasteiger partial charge in [-0.1, -0.05) is 44.2 Å². The number of hydrogen-bond acceptors (Lipinski definition) is 3. The van der Waals surface area contributed by atoms with Crippen LogP contribution in [0.4, 0.5) is 0 Å². The van der Waals surface area contributed by atoms with Gasteiger partial charge in [-0.05, 0) is 17.9 Å². The Morgan fingerprint density at radius 1 is 1.25 bits per heavy atom. The van der Waals surface area contributed by atoms with Gasteiger partial charge in [0.1, 0.15) is 0 Å². The standard InChI is InChI=1S/C14H24N2O3S/c1-11(2)9-16(20(18)19)10-14(17)13(15)8-12-6-4-3-5-7-12/h3-7,11,13-14,17H,8-10,15H2,1-2H3,(H,18,19)/t13-,14+/m0/s1. The summed E-state index contributed by atoms with van der Waals surface area (Å²) in [6, 6.07) is 9.19. The first kappa shape index (κ1) is 17.3. The van der Waals surface area contributed by atoms with Gasteiger partial charge in [0, 0.05) is 19.1 Å². The highest BCUT2D eigenvalue weighted by Gasteiger charge is 2.22. The van der Waals surface area contributed by atoms with Crippen molar-refractivity contribution in [2.24, 2.45) is 11.7 Å². The molecular weight excluding hydrogens is 276 g/mol. The van der Waals surface area contributed by atoms with Crippen LogP contribution in [0.5, 0.6) is 0 Å². The van der Waals surface area contributed by atoms with E-state index in [0.29, 0.717) is 13.0 Å². The van der Waals surface area contributed by atoms with E-state index in [4.69, 9.17) is 5.73 Å². The lowest BCUT2D eigenvalue weighted by molar-refractivity contribution is 0.115. The van der Waals surface area contributed by atoms with Crippen LogP contribution in [-0.4, -0.2) is 43.4 Å². The van der Waals surface area contributed by atoms with Crippen LogP contribution in [0.25, 0.3) is 0 Å². The fourth-order valence-corrected chi connectivity index (χ4v) is 2.68. The molecule has 1 aromatic carbocycles. The first-order valence-electron chi connectivity index (χ1n) is 6.73. The van der Waals surface area contributed by atoms with E-state index >= 15 is 0 Å². The minimum atomic E-state index is -2.09. The monoisotopic (exact) mass is 300 g/mol. The van der Waals surface area contributed by atoms with Crippen molar-refractivity contribution < 1.29 is 13.9 Å². The Morgan fingerprint density at radius 3 is 2.35 bits per heavy atom. The molecule has 0 heterocycles. The van der Waals surface area contributed by atoms with Crippen molar-refractivity contribution in [2.45, 2.75) is 32.4 Å². The number of benzene rings is 1. The highest BCUT2D eigenvalue weighted by molar-refractivity contribution is 7.76. The zero-order valence-corrected chi connectivity index (χ0v) is 12.8. The third-order valence-electron chi connectivity index (χ3n) is 2.99. The fourth-order valence-electron chi connectivity index (χ4n) is 1.98. The fraction of sp³-hybridized carbons (Fsp3) is 0.571. The molecule has 0 spiro atoms. The summed E-state index contributed by atoms with van der Waals surface area (Å²) in [7, 11) is 0. The number of rotatable bonds is 8. The van der Waals surface area contributed by atoms with Gasteiger partial charge in [0.2, 0.25) is 11.3 Å². The molecule has 1 unspecified atom stereocenters. The van der Waals surface area contributed by atoms with E-state index in [2.05, 4.69) is 0 Å². The Hall–Kier alpha value is -0.790. The van der Waals surface area contributed by atoms with Gasteiger partial charge in [0.05, 0.1) is 6.10 Å². The maximum Gasteiger partial charge on any atom is 0.234 e. The van der Waals surface area contributed by atoms with E-state index in [9.17, 15) is 13.9 Å². The van der Waals surface area contributed by atoms with Crippen molar-refractivity contribution in [1.82, 2.24) is 4.31 Å². The molecule has 5 nitrogen and oxygen atoms in total. The summed E-state index contributed by atoms with van der Waals surface area (Å²) in [5, 5.41) is 10.1. The second kappa shape index (κ2) is 8.49. The second-order valence-electron chi connectivity index (χ2n) is 5.39. The summed E-state index contributed by atoms with van der Waals surface area (Å²) in [6.45, 7) is 4.44. The summed E-state index contributed by atoms with van der Waals surface area (Å²) < 4.78 is 21.8. The molecule has 6 heteroatoms. The molecule has 0 aliphatic carbocycles. The Labute approximate surface area is 123 Å². The second-order valence-corrected chi connectivity index (χ2v) is 6.37.